The van der Waals surface area contributed by atoms with Gasteiger partial charge in [0.15, 0.2) is 0 Å². The van der Waals surface area contributed by atoms with E-state index in [0.717, 1.165) is 25.7 Å². The largest absolute Gasteiger partial charge is 0.389 e. The Morgan fingerprint density at radius 1 is 1.54 bits per heavy atom. The van der Waals surface area contributed by atoms with E-state index in [1.165, 1.54) is 5.57 Å². The molecule has 0 heterocycles. The van der Waals surface area contributed by atoms with Crippen LogP contribution in [0.25, 0.3) is 0 Å². The zero-order valence-corrected chi connectivity index (χ0v) is 8.66. The van der Waals surface area contributed by atoms with E-state index in [1.807, 2.05) is 6.08 Å². The first-order chi connectivity index (χ1) is 6.20. The van der Waals surface area contributed by atoms with Crippen LogP contribution >= 0.6 is 0 Å². The molecule has 74 valence electrons. The third-order valence-electron chi connectivity index (χ3n) is 2.61. The maximum atomic E-state index is 9.63. The van der Waals surface area contributed by atoms with Crippen LogP contribution in [0.2, 0.25) is 0 Å². The molecular formula is C12H20O. The molecule has 0 bridgehead atoms. The quantitative estimate of drug-likeness (QED) is 0.662. The fourth-order valence-corrected chi connectivity index (χ4v) is 1.78. The molecule has 0 aromatic carbocycles. The zero-order chi connectivity index (χ0) is 9.68. The van der Waals surface area contributed by atoms with Crippen LogP contribution in [0.5, 0.6) is 0 Å². The van der Waals surface area contributed by atoms with Crippen LogP contribution in [0.15, 0.2) is 23.8 Å². The number of allylic oxidation sites excluding steroid dienone is 3. The predicted octanol–water partition coefficient (Wildman–Crippen LogP) is 3.06. The lowest BCUT2D eigenvalue weighted by Gasteiger charge is -2.22. The number of rotatable bonds is 3. The molecule has 1 heteroatoms. The molecule has 0 aromatic rings. The van der Waals surface area contributed by atoms with Gasteiger partial charge in [-0.15, -0.1) is 0 Å². The Kier molecular flexibility index (Phi) is 4.23. The van der Waals surface area contributed by atoms with E-state index in [4.69, 9.17) is 0 Å². The van der Waals surface area contributed by atoms with Gasteiger partial charge in [0.1, 0.15) is 0 Å². The van der Waals surface area contributed by atoms with Crippen LogP contribution < -0.4 is 0 Å². The maximum Gasteiger partial charge on any atom is 0.0749 e. The van der Waals surface area contributed by atoms with E-state index in [0.29, 0.717) is 5.92 Å². The summed E-state index contributed by atoms with van der Waals surface area (Å²) in [5, 5.41) is 9.63. The fourth-order valence-electron chi connectivity index (χ4n) is 1.78. The van der Waals surface area contributed by atoms with E-state index < -0.39 is 0 Å². The number of aliphatic hydroxyl groups is 1. The van der Waals surface area contributed by atoms with Crippen molar-refractivity contribution in [2.24, 2.45) is 5.92 Å². The Balaban J connectivity index is 2.28. The molecule has 1 rings (SSSR count). The lowest BCUT2D eigenvalue weighted by molar-refractivity contribution is 0.135. The van der Waals surface area contributed by atoms with E-state index >= 15 is 0 Å². The monoisotopic (exact) mass is 180 g/mol. The topological polar surface area (TPSA) is 20.2 Å². The summed E-state index contributed by atoms with van der Waals surface area (Å²) in [6, 6.07) is 0. The van der Waals surface area contributed by atoms with Gasteiger partial charge < -0.3 is 5.11 Å². The van der Waals surface area contributed by atoms with Gasteiger partial charge in [-0.2, -0.15) is 0 Å². The highest BCUT2D eigenvalue weighted by molar-refractivity contribution is 4.99. The predicted molar refractivity (Wildman–Crippen MR) is 56.5 cm³/mol. The molecule has 0 fully saturated rings. The average Bonchev–Trinajstić information content (AvgIpc) is 2.08. The van der Waals surface area contributed by atoms with Crippen LogP contribution in [-0.4, -0.2) is 11.2 Å². The first kappa shape index (κ1) is 10.5. The molecule has 0 amide bonds. The summed E-state index contributed by atoms with van der Waals surface area (Å²) >= 11 is 0. The van der Waals surface area contributed by atoms with Gasteiger partial charge in [0.25, 0.3) is 0 Å². The van der Waals surface area contributed by atoms with Crippen LogP contribution in [-0.2, 0) is 0 Å². The van der Waals surface area contributed by atoms with Crippen molar-refractivity contribution < 1.29 is 5.11 Å². The molecule has 0 radical (unpaired) electrons. The van der Waals surface area contributed by atoms with Crippen LogP contribution in [0.3, 0.4) is 0 Å². The van der Waals surface area contributed by atoms with Crippen molar-refractivity contribution in [1.29, 1.82) is 0 Å². The van der Waals surface area contributed by atoms with Gasteiger partial charge in [-0.05, 0) is 45.4 Å². The highest BCUT2D eigenvalue weighted by Crippen LogP contribution is 2.23. The van der Waals surface area contributed by atoms with Gasteiger partial charge in [0.2, 0.25) is 0 Å². The van der Waals surface area contributed by atoms with Crippen molar-refractivity contribution in [3.05, 3.63) is 23.8 Å². The normalized spacial score (nSPS) is 27.3. The summed E-state index contributed by atoms with van der Waals surface area (Å²) in [6.45, 7) is 4.24. The lowest BCUT2D eigenvalue weighted by Crippen LogP contribution is -2.20. The summed E-state index contributed by atoms with van der Waals surface area (Å²) in [6.07, 6.45) is 10.6. The van der Waals surface area contributed by atoms with Crippen LogP contribution in [0.1, 0.15) is 39.5 Å². The first-order valence-electron chi connectivity index (χ1n) is 5.18. The Bertz CT molecular complexity index is 199. The summed E-state index contributed by atoms with van der Waals surface area (Å²) < 4.78 is 0. The number of hydrogen-bond donors (Lipinski definition) is 1. The molecule has 13 heavy (non-hydrogen) atoms. The van der Waals surface area contributed by atoms with Crippen molar-refractivity contribution in [2.45, 2.75) is 45.6 Å². The van der Waals surface area contributed by atoms with Gasteiger partial charge in [0.05, 0.1) is 6.10 Å². The molecule has 0 aromatic heterocycles. The number of aliphatic hydroxyl groups excluding tert-OH is 1. The van der Waals surface area contributed by atoms with Crippen molar-refractivity contribution >= 4 is 0 Å². The van der Waals surface area contributed by atoms with Crippen molar-refractivity contribution in [3.63, 3.8) is 0 Å². The van der Waals surface area contributed by atoms with E-state index in [1.54, 1.807) is 0 Å². The molecular weight excluding hydrogens is 160 g/mol. The van der Waals surface area contributed by atoms with Gasteiger partial charge in [-0.1, -0.05) is 23.8 Å². The third-order valence-corrected chi connectivity index (χ3v) is 2.61. The Morgan fingerprint density at radius 3 is 2.92 bits per heavy atom. The average molecular weight is 180 g/mol. The highest BCUT2D eigenvalue weighted by atomic mass is 16.3. The van der Waals surface area contributed by atoms with E-state index in [-0.39, 0.29) is 6.10 Å². The lowest BCUT2D eigenvalue weighted by atomic mass is 9.88. The van der Waals surface area contributed by atoms with Gasteiger partial charge in [-0.25, -0.2) is 0 Å². The molecule has 0 unspecified atom stereocenters. The first-order valence-corrected chi connectivity index (χ1v) is 5.18. The molecule has 1 aliphatic rings. The molecule has 0 saturated heterocycles. The SMILES string of the molecule is CC(C)=CCC[C@H]1CCC=C[C@@H]1O. The summed E-state index contributed by atoms with van der Waals surface area (Å²) in [5.41, 5.74) is 1.38. The third kappa shape index (κ3) is 3.77. The van der Waals surface area contributed by atoms with Crippen molar-refractivity contribution in [2.75, 3.05) is 0 Å². The minimum Gasteiger partial charge on any atom is -0.389 e. The van der Waals surface area contributed by atoms with Crippen molar-refractivity contribution in [3.8, 4) is 0 Å². The molecule has 2 atom stereocenters. The summed E-state index contributed by atoms with van der Waals surface area (Å²) in [4.78, 5) is 0. The minimum absolute atomic E-state index is 0.195. The minimum atomic E-state index is -0.195. The smallest absolute Gasteiger partial charge is 0.0749 e. The van der Waals surface area contributed by atoms with Crippen LogP contribution in [0, 0.1) is 5.92 Å². The molecule has 1 N–H and O–H groups in total. The second-order valence-electron chi connectivity index (χ2n) is 4.11. The Morgan fingerprint density at radius 2 is 2.31 bits per heavy atom. The highest BCUT2D eigenvalue weighted by Gasteiger charge is 2.17. The molecule has 1 nitrogen and oxygen atoms in total. The van der Waals surface area contributed by atoms with E-state index in [9.17, 15) is 5.11 Å². The van der Waals surface area contributed by atoms with Crippen LogP contribution in [0.4, 0.5) is 0 Å². The maximum absolute atomic E-state index is 9.63. The van der Waals surface area contributed by atoms with Gasteiger partial charge in [-0.3, -0.25) is 0 Å². The van der Waals surface area contributed by atoms with Gasteiger partial charge in [0, 0.05) is 0 Å². The van der Waals surface area contributed by atoms with Gasteiger partial charge >= 0.3 is 0 Å². The second kappa shape index (κ2) is 5.23. The Labute approximate surface area is 81.2 Å². The Hall–Kier alpha value is -0.560. The van der Waals surface area contributed by atoms with Crippen molar-refractivity contribution in [1.82, 2.24) is 0 Å². The molecule has 0 spiro atoms. The molecule has 1 aliphatic carbocycles. The standard InChI is InChI=1S/C12H20O/c1-10(2)6-5-8-11-7-3-4-9-12(11)13/h4,6,9,11-13H,3,5,7-8H2,1-2H3/t11-,12+/m1/s1. The fraction of sp³-hybridized carbons (Fsp3) is 0.667. The molecule has 0 saturated carbocycles. The summed E-state index contributed by atoms with van der Waals surface area (Å²) in [7, 11) is 0. The van der Waals surface area contributed by atoms with E-state index in [2.05, 4.69) is 26.0 Å². The molecule has 0 aliphatic heterocycles. The zero-order valence-electron chi connectivity index (χ0n) is 8.66. The second-order valence-corrected chi connectivity index (χ2v) is 4.11. The summed E-state index contributed by atoms with van der Waals surface area (Å²) in [5.74, 6) is 0.487. The number of hydrogen-bond acceptors (Lipinski definition) is 1.